The predicted octanol–water partition coefficient (Wildman–Crippen LogP) is 3.43. The lowest BCUT2D eigenvalue weighted by Crippen LogP contribution is -2.49. The van der Waals surface area contributed by atoms with Crippen molar-refractivity contribution in [2.45, 2.75) is 45.3 Å². The monoisotopic (exact) mass is 459 g/mol. The van der Waals surface area contributed by atoms with Crippen LogP contribution in [0.3, 0.4) is 0 Å². The lowest BCUT2D eigenvalue weighted by molar-refractivity contribution is -0.145. The Hall–Kier alpha value is -2.09. The van der Waals surface area contributed by atoms with Crippen LogP contribution in [-0.4, -0.2) is 61.1 Å². The Morgan fingerprint density at radius 2 is 1.91 bits per heavy atom. The van der Waals surface area contributed by atoms with Gasteiger partial charge >= 0.3 is 5.97 Å². The summed E-state index contributed by atoms with van der Waals surface area (Å²) in [6.07, 6.45) is 3.49. The van der Waals surface area contributed by atoms with Crippen LogP contribution >= 0.6 is 11.8 Å². The van der Waals surface area contributed by atoms with Crippen LogP contribution in [0, 0.1) is 5.92 Å². The van der Waals surface area contributed by atoms with Crippen molar-refractivity contribution in [2.75, 3.05) is 32.2 Å². The Bertz CT molecular complexity index is 871. The summed E-state index contributed by atoms with van der Waals surface area (Å²) >= 11 is 1.63. The first kappa shape index (κ1) is 26.2. The van der Waals surface area contributed by atoms with Crippen LogP contribution in [0.4, 0.5) is 0 Å². The zero-order chi connectivity index (χ0) is 23.5. The summed E-state index contributed by atoms with van der Waals surface area (Å²) < 4.78 is 4.87. The third-order valence-corrected chi connectivity index (χ3v) is 6.56. The van der Waals surface area contributed by atoms with E-state index in [2.05, 4.69) is 48.3 Å². The SMILES string of the molecule is CCC(C)C(N)CN(CC(=O)NC(CCSC)C(=O)OC)Cc1cccc2ccccc12. The molecule has 1 amide bonds. The molecule has 6 nitrogen and oxygen atoms in total. The molecule has 0 aromatic heterocycles. The summed E-state index contributed by atoms with van der Waals surface area (Å²) in [5, 5.41) is 5.20. The number of amides is 1. The molecule has 0 aliphatic rings. The molecule has 2 aromatic rings. The maximum atomic E-state index is 12.9. The second-order valence-electron chi connectivity index (χ2n) is 8.28. The van der Waals surface area contributed by atoms with Crippen LogP contribution in [0.15, 0.2) is 42.5 Å². The van der Waals surface area contributed by atoms with Crippen molar-refractivity contribution in [3.8, 4) is 0 Å². The van der Waals surface area contributed by atoms with Gasteiger partial charge in [0.05, 0.1) is 13.7 Å². The van der Waals surface area contributed by atoms with Crippen molar-refractivity contribution in [3.63, 3.8) is 0 Å². The fraction of sp³-hybridized carbons (Fsp3) is 0.520. The van der Waals surface area contributed by atoms with E-state index >= 15 is 0 Å². The highest BCUT2D eigenvalue weighted by molar-refractivity contribution is 7.98. The molecule has 2 aromatic carbocycles. The van der Waals surface area contributed by atoms with Crippen LogP contribution in [0.25, 0.3) is 10.8 Å². The van der Waals surface area contributed by atoms with E-state index in [1.165, 1.54) is 17.9 Å². The molecule has 0 spiro atoms. The van der Waals surface area contributed by atoms with E-state index in [-0.39, 0.29) is 18.5 Å². The van der Waals surface area contributed by atoms with Crippen LogP contribution in [0.1, 0.15) is 32.3 Å². The lowest BCUT2D eigenvalue weighted by Gasteiger charge is -2.29. The summed E-state index contributed by atoms with van der Waals surface area (Å²) in [6.45, 7) is 5.63. The van der Waals surface area contributed by atoms with Gasteiger partial charge in [-0.05, 0) is 40.7 Å². The summed E-state index contributed by atoms with van der Waals surface area (Å²) in [5.41, 5.74) is 7.61. The van der Waals surface area contributed by atoms with Gasteiger partial charge in [0.25, 0.3) is 0 Å². The Morgan fingerprint density at radius 3 is 2.59 bits per heavy atom. The standard InChI is InChI=1S/C25H37N3O3S/c1-5-18(2)22(26)16-28(15-20-11-8-10-19-9-6-7-12-21(19)20)17-24(29)27-23(13-14-32-4)25(30)31-3/h6-12,18,22-23H,5,13-17,26H2,1-4H3,(H,27,29). The molecular weight excluding hydrogens is 422 g/mol. The highest BCUT2D eigenvalue weighted by atomic mass is 32.2. The highest BCUT2D eigenvalue weighted by Crippen LogP contribution is 2.20. The average molecular weight is 460 g/mol. The van der Waals surface area contributed by atoms with Gasteiger partial charge in [-0.2, -0.15) is 11.8 Å². The van der Waals surface area contributed by atoms with Gasteiger partial charge in [0.2, 0.25) is 5.91 Å². The number of nitrogens with one attached hydrogen (secondary N) is 1. The van der Waals surface area contributed by atoms with Gasteiger partial charge in [-0.15, -0.1) is 0 Å². The number of methoxy groups -OCH3 is 1. The quantitative estimate of drug-likeness (QED) is 0.447. The normalized spacial score (nSPS) is 14.2. The number of hydrogen-bond donors (Lipinski definition) is 2. The van der Waals surface area contributed by atoms with Crippen molar-refractivity contribution in [3.05, 3.63) is 48.0 Å². The smallest absolute Gasteiger partial charge is 0.328 e. The van der Waals surface area contributed by atoms with E-state index in [9.17, 15) is 9.59 Å². The fourth-order valence-electron chi connectivity index (χ4n) is 3.71. The largest absolute Gasteiger partial charge is 0.467 e. The van der Waals surface area contributed by atoms with E-state index in [1.54, 1.807) is 11.8 Å². The number of esters is 1. The summed E-state index contributed by atoms with van der Waals surface area (Å²) in [5.74, 6) is 0.499. The molecule has 0 radical (unpaired) electrons. The average Bonchev–Trinajstić information content (AvgIpc) is 2.80. The highest BCUT2D eigenvalue weighted by Gasteiger charge is 2.24. The van der Waals surface area contributed by atoms with Crippen molar-refractivity contribution in [2.24, 2.45) is 11.7 Å². The Balaban J connectivity index is 2.18. The maximum absolute atomic E-state index is 12.9. The molecule has 0 aliphatic heterocycles. The third kappa shape index (κ3) is 7.80. The van der Waals surface area contributed by atoms with Crippen molar-refractivity contribution in [1.82, 2.24) is 10.2 Å². The first-order valence-corrected chi connectivity index (χ1v) is 12.6. The molecule has 3 atom stereocenters. The topological polar surface area (TPSA) is 84.7 Å². The minimum Gasteiger partial charge on any atom is -0.467 e. The molecule has 7 heteroatoms. The zero-order valence-electron chi connectivity index (χ0n) is 19.7. The van der Waals surface area contributed by atoms with Crippen molar-refractivity contribution >= 4 is 34.4 Å². The molecule has 3 N–H and O–H groups in total. The number of hydrogen-bond acceptors (Lipinski definition) is 6. The van der Waals surface area contributed by atoms with Crippen LogP contribution in [0.5, 0.6) is 0 Å². The fourth-order valence-corrected chi connectivity index (χ4v) is 4.18. The van der Waals surface area contributed by atoms with Crippen LogP contribution in [-0.2, 0) is 20.9 Å². The summed E-state index contributed by atoms with van der Waals surface area (Å²) in [4.78, 5) is 27.1. The number of nitrogens with two attached hydrogens (primary N) is 1. The number of nitrogens with zero attached hydrogens (tertiary/aromatic N) is 1. The van der Waals surface area contributed by atoms with E-state index in [0.717, 1.165) is 17.7 Å². The van der Waals surface area contributed by atoms with Gasteiger partial charge in [-0.25, -0.2) is 4.79 Å². The first-order chi connectivity index (χ1) is 15.4. The molecule has 0 saturated heterocycles. The minimum atomic E-state index is -0.636. The van der Waals surface area contributed by atoms with Crippen molar-refractivity contribution < 1.29 is 14.3 Å². The molecule has 0 bridgehead atoms. The number of fused-ring (bicyclic) bond motifs is 1. The molecule has 2 rings (SSSR count). The molecule has 0 fully saturated rings. The molecular formula is C25H37N3O3S. The minimum absolute atomic E-state index is 0.0457. The molecule has 0 aliphatic carbocycles. The number of rotatable bonds is 13. The van der Waals surface area contributed by atoms with Gasteiger partial charge in [0, 0.05) is 19.1 Å². The molecule has 32 heavy (non-hydrogen) atoms. The predicted molar refractivity (Wildman–Crippen MR) is 134 cm³/mol. The lowest BCUT2D eigenvalue weighted by atomic mass is 9.99. The Labute approximate surface area is 196 Å². The number of ether oxygens (including phenoxy) is 1. The van der Waals surface area contributed by atoms with Gasteiger partial charge in [-0.1, -0.05) is 62.7 Å². The number of thioether (sulfide) groups is 1. The molecule has 0 heterocycles. The number of benzene rings is 2. The van der Waals surface area contributed by atoms with Crippen molar-refractivity contribution in [1.29, 1.82) is 0 Å². The number of carbonyl (C=O) groups excluding carboxylic acids is 2. The van der Waals surface area contributed by atoms with E-state index in [1.807, 2.05) is 24.5 Å². The van der Waals surface area contributed by atoms with E-state index < -0.39 is 12.0 Å². The van der Waals surface area contributed by atoms with Gasteiger partial charge < -0.3 is 15.8 Å². The zero-order valence-corrected chi connectivity index (χ0v) is 20.5. The van der Waals surface area contributed by atoms with E-state index in [0.29, 0.717) is 25.4 Å². The van der Waals surface area contributed by atoms with E-state index in [4.69, 9.17) is 10.5 Å². The van der Waals surface area contributed by atoms with Crippen LogP contribution in [0.2, 0.25) is 0 Å². The second kappa shape index (κ2) is 13.5. The first-order valence-electron chi connectivity index (χ1n) is 11.2. The molecule has 3 unspecified atom stereocenters. The number of carbonyl (C=O) groups is 2. The van der Waals surface area contributed by atoms with Crippen LogP contribution < -0.4 is 11.1 Å². The Morgan fingerprint density at radius 1 is 1.19 bits per heavy atom. The third-order valence-electron chi connectivity index (χ3n) is 5.92. The van der Waals surface area contributed by atoms with Gasteiger partial charge in [-0.3, -0.25) is 9.69 Å². The summed E-state index contributed by atoms with van der Waals surface area (Å²) in [7, 11) is 1.35. The second-order valence-corrected chi connectivity index (χ2v) is 9.27. The maximum Gasteiger partial charge on any atom is 0.328 e. The van der Waals surface area contributed by atoms with Gasteiger partial charge in [0.15, 0.2) is 0 Å². The Kier molecular flexibility index (Phi) is 11.0. The molecule has 0 saturated carbocycles. The molecule has 176 valence electrons. The summed E-state index contributed by atoms with van der Waals surface area (Å²) in [6, 6.07) is 13.8. The van der Waals surface area contributed by atoms with Gasteiger partial charge in [0.1, 0.15) is 6.04 Å².